The highest BCUT2D eigenvalue weighted by atomic mass is 35.5. The molecule has 0 atom stereocenters. The predicted molar refractivity (Wildman–Crippen MR) is 16.2 cm³/mol. The molecule has 0 aromatic carbocycles. The molecule has 0 nitrogen and oxygen atoms in total. The quantitative estimate of drug-likeness (QED) is 0.405. The van der Waals surface area contributed by atoms with Crippen molar-refractivity contribution in [2.24, 2.45) is 0 Å². The molecule has 0 heterocycles. The Hall–Kier alpha value is 0.150. The average Bonchev–Trinajstić information content (AvgIpc) is 0.722. The van der Waals surface area contributed by atoms with Crippen LogP contribution in [0.4, 0.5) is 8.78 Å². The van der Waals surface area contributed by atoms with E-state index in [1.807, 2.05) is 0 Å². The van der Waals surface area contributed by atoms with Crippen molar-refractivity contribution in [3.05, 3.63) is 6.92 Å². The van der Waals surface area contributed by atoms with E-state index in [0.29, 0.717) is 0 Å². The van der Waals surface area contributed by atoms with Gasteiger partial charge < -0.3 is 0 Å². The van der Waals surface area contributed by atoms with Gasteiger partial charge in [-0.1, -0.05) is 0 Å². The van der Waals surface area contributed by atoms with Crippen LogP contribution in [0.25, 0.3) is 0 Å². The van der Waals surface area contributed by atoms with Crippen LogP contribution in [0.3, 0.4) is 0 Å². The van der Waals surface area contributed by atoms with Gasteiger partial charge in [-0.15, -0.1) is 0 Å². The van der Waals surface area contributed by atoms with Crippen molar-refractivity contribution >= 4 is 11.6 Å². The fraction of sp³-hybridized carbons (Fsp3) is 0.500. The molecule has 0 saturated heterocycles. The summed E-state index contributed by atoms with van der Waals surface area (Å²) < 4.78 is 21.4. The van der Waals surface area contributed by atoms with Crippen molar-refractivity contribution < 1.29 is 8.78 Å². The highest BCUT2D eigenvalue weighted by Gasteiger charge is 2.13. The lowest BCUT2D eigenvalue weighted by atomic mass is 10.9. The third kappa shape index (κ3) is 853. The minimum Gasteiger partial charge on any atom is -0.188 e. The zero-order chi connectivity index (χ0) is 4.50. The zero-order valence-electron chi connectivity index (χ0n) is 2.34. The van der Waals surface area contributed by atoms with E-state index in [1.165, 1.54) is 0 Å². The number of hydrogen-bond donors (Lipinski definition) is 0. The first-order valence-electron chi connectivity index (χ1n) is 0.921. The van der Waals surface area contributed by atoms with Crippen LogP contribution in [0.2, 0.25) is 0 Å². The van der Waals surface area contributed by atoms with Crippen LogP contribution < -0.4 is 0 Å². The molecule has 0 aromatic rings. The Balaban J connectivity index is 3.02. The van der Waals surface area contributed by atoms with E-state index < -0.39 is 5.38 Å². The lowest BCUT2D eigenvalue weighted by Crippen LogP contribution is -1.93. The molecule has 31 valence electrons. The highest BCUT2D eigenvalue weighted by molar-refractivity contribution is 6.22. The molecule has 3 heteroatoms. The van der Waals surface area contributed by atoms with E-state index >= 15 is 0 Å². The molecule has 1 radical (unpaired) electrons. The predicted octanol–water partition coefficient (Wildman–Crippen LogP) is 1.65. The van der Waals surface area contributed by atoms with E-state index in [2.05, 4.69) is 18.5 Å². The van der Waals surface area contributed by atoms with Gasteiger partial charge in [-0.05, 0) is 11.6 Å². The maximum absolute atomic E-state index is 10.7. The normalized spacial score (nSPS) is 12.0. The van der Waals surface area contributed by atoms with Gasteiger partial charge in [-0.3, -0.25) is 0 Å². The minimum absolute atomic E-state index is 2.20. The number of halogens is 3. The van der Waals surface area contributed by atoms with Crippen molar-refractivity contribution in [3.8, 4) is 0 Å². The Morgan fingerprint density at radius 2 is 1.60 bits per heavy atom. The van der Waals surface area contributed by atoms with Crippen LogP contribution in [0.5, 0.6) is 0 Å². The zero-order valence-corrected chi connectivity index (χ0v) is 3.10. The first kappa shape index (κ1) is 5.15. The van der Waals surface area contributed by atoms with Gasteiger partial charge in [0.1, 0.15) is 0 Å². The SMILES string of the molecule is [CH2]C(F)(F)Cl. The lowest BCUT2D eigenvalue weighted by Gasteiger charge is -1.90. The minimum atomic E-state index is -3.28. The number of alkyl halides is 3. The first-order chi connectivity index (χ1) is 2.00. The van der Waals surface area contributed by atoms with Crippen molar-refractivity contribution in [1.29, 1.82) is 0 Å². The standard InChI is InChI=1S/C2H2ClF2/c1-2(3,4)5/h1H2. The van der Waals surface area contributed by atoms with Crippen LogP contribution in [0.1, 0.15) is 0 Å². The Bertz CT molecular complexity index is 23.1. The van der Waals surface area contributed by atoms with Gasteiger partial charge in [0.05, 0.1) is 0 Å². The summed E-state index contributed by atoms with van der Waals surface area (Å²) in [6, 6.07) is 0. The van der Waals surface area contributed by atoms with E-state index in [0.717, 1.165) is 0 Å². The maximum Gasteiger partial charge on any atom is 0.321 e. The van der Waals surface area contributed by atoms with Crippen LogP contribution in [0.15, 0.2) is 0 Å². The third-order valence-corrected chi connectivity index (χ3v) is 0. The summed E-state index contributed by atoms with van der Waals surface area (Å²) >= 11 is 4.09. The molecule has 0 aliphatic carbocycles. The van der Waals surface area contributed by atoms with Gasteiger partial charge in [0.15, 0.2) is 0 Å². The second-order valence-corrected chi connectivity index (χ2v) is 1.17. The Morgan fingerprint density at radius 3 is 1.60 bits per heavy atom. The van der Waals surface area contributed by atoms with Crippen molar-refractivity contribution in [3.63, 3.8) is 0 Å². The topological polar surface area (TPSA) is 0 Å². The van der Waals surface area contributed by atoms with Gasteiger partial charge >= 0.3 is 5.38 Å². The molecule has 0 saturated carbocycles. The monoisotopic (exact) mass is 99.0 g/mol. The third-order valence-electron chi connectivity index (χ3n) is 0. The fourth-order valence-corrected chi connectivity index (χ4v) is 0. The molecule has 0 aliphatic rings. The van der Waals surface area contributed by atoms with Crippen LogP contribution in [-0.2, 0) is 0 Å². The molecule has 0 aromatic heterocycles. The molecule has 0 spiro atoms. The Kier molecular flexibility index (Phi) is 1.12. The molecular weight excluding hydrogens is 97.5 g/mol. The first-order valence-corrected chi connectivity index (χ1v) is 1.30. The second kappa shape index (κ2) is 1.09. The molecular formula is C2H2ClF2. The molecule has 5 heavy (non-hydrogen) atoms. The maximum atomic E-state index is 10.7. The number of hydrogen-bond acceptors (Lipinski definition) is 0. The van der Waals surface area contributed by atoms with Crippen molar-refractivity contribution in [1.82, 2.24) is 0 Å². The van der Waals surface area contributed by atoms with Gasteiger partial charge in [0.25, 0.3) is 0 Å². The van der Waals surface area contributed by atoms with Crippen LogP contribution >= 0.6 is 11.6 Å². The van der Waals surface area contributed by atoms with Crippen molar-refractivity contribution in [2.75, 3.05) is 0 Å². The van der Waals surface area contributed by atoms with Gasteiger partial charge in [0, 0.05) is 6.92 Å². The van der Waals surface area contributed by atoms with Crippen molar-refractivity contribution in [2.45, 2.75) is 5.38 Å². The van der Waals surface area contributed by atoms with E-state index in [9.17, 15) is 8.78 Å². The summed E-state index contributed by atoms with van der Waals surface area (Å²) in [5, 5.41) is -3.28. The molecule has 0 N–H and O–H groups in total. The Morgan fingerprint density at radius 1 is 1.60 bits per heavy atom. The van der Waals surface area contributed by atoms with Crippen LogP contribution in [-0.4, -0.2) is 5.38 Å². The van der Waals surface area contributed by atoms with Gasteiger partial charge in [-0.2, -0.15) is 8.78 Å². The largest absolute Gasteiger partial charge is 0.321 e. The molecule has 0 fully saturated rings. The summed E-state index contributed by atoms with van der Waals surface area (Å²) in [6.45, 7) is 2.20. The molecule has 0 aliphatic heterocycles. The van der Waals surface area contributed by atoms with E-state index in [1.54, 1.807) is 0 Å². The summed E-state index contributed by atoms with van der Waals surface area (Å²) in [4.78, 5) is 0. The summed E-state index contributed by atoms with van der Waals surface area (Å²) in [5.41, 5.74) is 0. The summed E-state index contributed by atoms with van der Waals surface area (Å²) in [5.74, 6) is 0. The molecule has 0 rings (SSSR count). The lowest BCUT2D eigenvalue weighted by molar-refractivity contribution is 0.150. The van der Waals surface area contributed by atoms with Gasteiger partial charge in [-0.25, -0.2) is 0 Å². The fourth-order valence-electron chi connectivity index (χ4n) is 0. The summed E-state index contributed by atoms with van der Waals surface area (Å²) in [7, 11) is 0. The van der Waals surface area contributed by atoms with E-state index in [-0.39, 0.29) is 0 Å². The van der Waals surface area contributed by atoms with E-state index in [4.69, 9.17) is 0 Å². The smallest absolute Gasteiger partial charge is 0.188 e. The summed E-state index contributed by atoms with van der Waals surface area (Å²) in [6.07, 6.45) is 0. The molecule has 0 amide bonds. The molecule has 0 bridgehead atoms. The highest BCUT2D eigenvalue weighted by Crippen LogP contribution is 2.14. The Labute approximate surface area is 33.7 Å². The second-order valence-electron chi connectivity index (χ2n) is 0.615. The van der Waals surface area contributed by atoms with Crippen LogP contribution in [0, 0.1) is 6.92 Å². The molecule has 0 unspecified atom stereocenters. The number of rotatable bonds is 0. The van der Waals surface area contributed by atoms with Gasteiger partial charge in [0.2, 0.25) is 0 Å². The average molecular weight is 99.5 g/mol.